The van der Waals surface area contributed by atoms with Crippen molar-refractivity contribution in [1.29, 1.82) is 0 Å². The van der Waals surface area contributed by atoms with Crippen LogP contribution in [0.4, 0.5) is 5.69 Å². The summed E-state index contributed by atoms with van der Waals surface area (Å²) in [7, 11) is -0.811. The molecular formula is C15H24N2O2S. The second kappa shape index (κ2) is 8.87. The summed E-state index contributed by atoms with van der Waals surface area (Å²) in [5, 5.41) is 2.83. The Kier molecular flexibility index (Phi) is 7.47. The average Bonchev–Trinajstić information content (AvgIpc) is 2.38. The third-order valence-corrected chi connectivity index (χ3v) is 4.55. The first-order chi connectivity index (χ1) is 9.51. The fourth-order valence-electron chi connectivity index (χ4n) is 1.80. The van der Waals surface area contributed by atoms with Gasteiger partial charge >= 0.3 is 0 Å². The van der Waals surface area contributed by atoms with E-state index in [-0.39, 0.29) is 5.91 Å². The lowest BCUT2D eigenvalue weighted by Crippen LogP contribution is -2.14. The van der Waals surface area contributed by atoms with E-state index in [9.17, 15) is 9.00 Å². The van der Waals surface area contributed by atoms with Crippen LogP contribution in [-0.4, -0.2) is 21.6 Å². The van der Waals surface area contributed by atoms with E-state index in [1.54, 1.807) is 0 Å². The van der Waals surface area contributed by atoms with Crippen molar-refractivity contribution in [3.8, 4) is 0 Å². The first-order valence-corrected chi connectivity index (χ1v) is 8.44. The van der Waals surface area contributed by atoms with E-state index in [2.05, 4.69) is 19.2 Å². The molecule has 3 N–H and O–H groups in total. The predicted molar refractivity (Wildman–Crippen MR) is 84.9 cm³/mol. The van der Waals surface area contributed by atoms with Crippen molar-refractivity contribution in [1.82, 2.24) is 0 Å². The molecule has 112 valence electrons. The van der Waals surface area contributed by atoms with Gasteiger partial charge < -0.3 is 11.1 Å². The van der Waals surface area contributed by atoms with Crippen LogP contribution in [0, 0.1) is 5.92 Å². The Bertz CT molecular complexity index is 444. The van der Waals surface area contributed by atoms with Gasteiger partial charge in [-0.1, -0.05) is 26.0 Å². The SMILES string of the molecule is CC(C)CS(=O)CCCC(=O)Nc1ccc(CN)cc1. The normalized spacial score (nSPS) is 12.4. The molecule has 0 aliphatic heterocycles. The maximum atomic E-state index is 11.7. The maximum absolute atomic E-state index is 11.7. The Labute approximate surface area is 123 Å². The molecule has 0 aromatic heterocycles. The molecular weight excluding hydrogens is 272 g/mol. The van der Waals surface area contributed by atoms with Gasteiger partial charge in [0.15, 0.2) is 0 Å². The lowest BCUT2D eigenvalue weighted by atomic mass is 10.2. The van der Waals surface area contributed by atoms with Gasteiger partial charge in [-0.25, -0.2) is 0 Å². The van der Waals surface area contributed by atoms with Crippen molar-refractivity contribution in [2.75, 3.05) is 16.8 Å². The number of nitrogens with two attached hydrogens (primary N) is 1. The molecule has 0 saturated heterocycles. The van der Waals surface area contributed by atoms with Crippen molar-refractivity contribution in [2.45, 2.75) is 33.2 Å². The summed E-state index contributed by atoms with van der Waals surface area (Å²) in [5.74, 6) is 1.71. The molecule has 0 fully saturated rings. The van der Waals surface area contributed by atoms with E-state index >= 15 is 0 Å². The van der Waals surface area contributed by atoms with Crippen LogP contribution in [-0.2, 0) is 22.1 Å². The summed E-state index contributed by atoms with van der Waals surface area (Å²) in [4.78, 5) is 11.7. The zero-order valence-corrected chi connectivity index (χ0v) is 13.0. The first kappa shape index (κ1) is 16.9. The zero-order chi connectivity index (χ0) is 15.0. The maximum Gasteiger partial charge on any atom is 0.224 e. The van der Waals surface area contributed by atoms with Crippen molar-refractivity contribution < 1.29 is 9.00 Å². The van der Waals surface area contributed by atoms with Crippen LogP contribution in [0.3, 0.4) is 0 Å². The first-order valence-electron chi connectivity index (χ1n) is 6.95. The van der Waals surface area contributed by atoms with Crippen molar-refractivity contribution in [3.05, 3.63) is 29.8 Å². The van der Waals surface area contributed by atoms with Crippen LogP contribution in [0.5, 0.6) is 0 Å². The quantitative estimate of drug-likeness (QED) is 0.773. The Balaban J connectivity index is 2.27. The monoisotopic (exact) mass is 296 g/mol. The van der Waals surface area contributed by atoms with Gasteiger partial charge in [0.1, 0.15) is 0 Å². The minimum absolute atomic E-state index is 0.0351. The van der Waals surface area contributed by atoms with Crippen LogP contribution in [0.2, 0.25) is 0 Å². The lowest BCUT2D eigenvalue weighted by Gasteiger charge is -2.07. The molecule has 1 rings (SSSR count). The molecule has 4 nitrogen and oxygen atoms in total. The number of carbonyl (C=O) groups excluding carboxylic acids is 1. The molecule has 0 saturated carbocycles. The Morgan fingerprint density at radius 3 is 2.50 bits per heavy atom. The van der Waals surface area contributed by atoms with Crippen molar-refractivity contribution >= 4 is 22.4 Å². The molecule has 1 amide bonds. The number of anilines is 1. The number of benzene rings is 1. The van der Waals surface area contributed by atoms with E-state index in [1.807, 2.05) is 24.3 Å². The molecule has 0 heterocycles. The van der Waals surface area contributed by atoms with Gasteiger partial charge in [-0.3, -0.25) is 9.00 Å². The zero-order valence-electron chi connectivity index (χ0n) is 12.2. The fourth-order valence-corrected chi connectivity index (χ4v) is 3.17. The Morgan fingerprint density at radius 1 is 1.30 bits per heavy atom. The van der Waals surface area contributed by atoms with E-state index in [0.717, 1.165) is 11.3 Å². The largest absolute Gasteiger partial charge is 0.326 e. The number of hydrogen-bond acceptors (Lipinski definition) is 3. The Hall–Kier alpha value is -1.20. The highest BCUT2D eigenvalue weighted by molar-refractivity contribution is 7.84. The van der Waals surface area contributed by atoms with E-state index < -0.39 is 10.8 Å². The molecule has 5 heteroatoms. The van der Waals surface area contributed by atoms with Crippen molar-refractivity contribution in [2.24, 2.45) is 11.7 Å². The molecule has 0 radical (unpaired) electrons. The number of nitrogens with one attached hydrogen (secondary N) is 1. The van der Waals surface area contributed by atoms with E-state index in [0.29, 0.717) is 36.8 Å². The molecule has 1 aromatic rings. The van der Waals surface area contributed by atoms with E-state index in [1.165, 1.54) is 0 Å². The fraction of sp³-hybridized carbons (Fsp3) is 0.533. The summed E-state index contributed by atoms with van der Waals surface area (Å²) in [6, 6.07) is 7.48. The van der Waals surface area contributed by atoms with Gasteiger partial charge in [-0.2, -0.15) is 0 Å². The van der Waals surface area contributed by atoms with Crippen molar-refractivity contribution in [3.63, 3.8) is 0 Å². The number of hydrogen-bond donors (Lipinski definition) is 2. The highest BCUT2D eigenvalue weighted by Crippen LogP contribution is 2.10. The molecule has 1 atom stereocenters. The van der Waals surface area contributed by atoms with Crippen LogP contribution < -0.4 is 11.1 Å². The van der Waals surface area contributed by atoms with E-state index in [4.69, 9.17) is 5.73 Å². The molecule has 0 aliphatic rings. The molecule has 0 bridgehead atoms. The number of carbonyl (C=O) groups is 1. The predicted octanol–water partition coefficient (Wildman–Crippen LogP) is 2.27. The van der Waals surface area contributed by atoms with Crippen LogP contribution in [0.1, 0.15) is 32.3 Å². The molecule has 20 heavy (non-hydrogen) atoms. The van der Waals surface area contributed by atoms with Gasteiger partial charge in [0.25, 0.3) is 0 Å². The standard InChI is InChI=1S/C15H24N2O2S/c1-12(2)11-20(19)9-3-4-15(18)17-14-7-5-13(10-16)6-8-14/h5-8,12H,3-4,9-11,16H2,1-2H3,(H,17,18). The summed E-state index contributed by atoms with van der Waals surface area (Å²) in [5.41, 5.74) is 7.32. The smallest absolute Gasteiger partial charge is 0.224 e. The minimum Gasteiger partial charge on any atom is -0.326 e. The van der Waals surface area contributed by atoms with Crippen LogP contribution >= 0.6 is 0 Å². The summed E-state index contributed by atoms with van der Waals surface area (Å²) < 4.78 is 11.6. The molecule has 1 aromatic carbocycles. The average molecular weight is 296 g/mol. The highest BCUT2D eigenvalue weighted by atomic mass is 32.2. The summed E-state index contributed by atoms with van der Waals surface area (Å²) in [6.45, 7) is 4.60. The highest BCUT2D eigenvalue weighted by Gasteiger charge is 2.06. The van der Waals surface area contributed by atoms with Crippen LogP contribution in [0.15, 0.2) is 24.3 Å². The summed E-state index contributed by atoms with van der Waals surface area (Å²) in [6.07, 6.45) is 1.06. The topological polar surface area (TPSA) is 72.2 Å². The van der Waals surface area contributed by atoms with Gasteiger partial charge in [-0.05, 0) is 30.0 Å². The number of amides is 1. The van der Waals surface area contributed by atoms with Crippen LogP contribution in [0.25, 0.3) is 0 Å². The number of rotatable bonds is 8. The third kappa shape index (κ3) is 6.82. The second-order valence-corrected chi connectivity index (χ2v) is 6.88. The molecule has 0 aliphatic carbocycles. The van der Waals surface area contributed by atoms with Gasteiger partial charge in [-0.15, -0.1) is 0 Å². The van der Waals surface area contributed by atoms with Gasteiger partial charge in [0.05, 0.1) is 0 Å². The summed E-state index contributed by atoms with van der Waals surface area (Å²) >= 11 is 0. The second-order valence-electron chi connectivity index (χ2n) is 5.26. The third-order valence-electron chi connectivity index (χ3n) is 2.77. The minimum atomic E-state index is -0.811. The van der Waals surface area contributed by atoms with Gasteiger partial charge in [0.2, 0.25) is 5.91 Å². The Morgan fingerprint density at radius 2 is 1.95 bits per heavy atom. The van der Waals surface area contributed by atoms with Gasteiger partial charge in [0, 0.05) is 41.0 Å². The lowest BCUT2D eigenvalue weighted by molar-refractivity contribution is -0.116. The molecule has 0 spiro atoms. The molecule has 1 unspecified atom stereocenters.